The molecule has 0 spiro atoms. The fourth-order valence-electron chi connectivity index (χ4n) is 3.56. The number of phenols is 1. The highest BCUT2D eigenvalue weighted by Gasteiger charge is 2.12. The van der Waals surface area contributed by atoms with Crippen LogP contribution < -0.4 is 0 Å². The number of rotatable bonds is 6. The van der Waals surface area contributed by atoms with Crippen molar-refractivity contribution in [2.24, 2.45) is 0 Å². The first-order valence-corrected chi connectivity index (χ1v) is 9.72. The average Bonchev–Trinajstić information content (AvgIpc) is 3.15. The summed E-state index contributed by atoms with van der Waals surface area (Å²) in [5.74, 6) is 0.252. The Balaban J connectivity index is 1.76. The Morgan fingerprint density at radius 1 is 1.07 bits per heavy atom. The number of hydrogen-bond acceptors (Lipinski definition) is 2. The first-order chi connectivity index (χ1) is 13.7. The van der Waals surface area contributed by atoms with Crippen LogP contribution in [0.2, 0.25) is 0 Å². The molecule has 2 heterocycles. The molecule has 0 amide bonds. The number of phenolic OH excluding ortho intramolecular Hbond substituents is 1. The van der Waals surface area contributed by atoms with E-state index in [9.17, 15) is 5.11 Å². The van der Waals surface area contributed by atoms with E-state index < -0.39 is 0 Å². The van der Waals surface area contributed by atoms with E-state index in [0.29, 0.717) is 0 Å². The van der Waals surface area contributed by atoms with Gasteiger partial charge in [0.25, 0.3) is 0 Å². The van der Waals surface area contributed by atoms with Crippen molar-refractivity contribution < 1.29 is 5.11 Å². The lowest BCUT2D eigenvalue weighted by molar-refractivity contribution is 0.477. The molecule has 0 bridgehead atoms. The van der Waals surface area contributed by atoms with Crippen LogP contribution in [0.3, 0.4) is 0 Å². The van der Waals surface area contributed by atoms with Crippen LogP contribution in [0.5, 0.6) is 5.75 Å². The summed E-state index contributed by atoms with van der Waals surface area (Å²) in [6.07, 6.45) is 7.03. The quantitative estimate of drug-likeness (QED) is 0.403. The zero-order valence-electron chi connectivity index (χ0n) is 16.1. The molecule has 4 rings (SSSR count). The molecule has 3 heteroatoms. The minimum Gasteiger partial charge on any atom is -0.507 e. The van der Waals surface area contributed by atoms with Crippen LogP contribution in [-0.4, -0.2) is 15.1 Å². The summed E-state index contributed by atoms with van der Waals surface area (Å²) in [5, 5.41) is 11.5. The molecule has 0 aliphatic carbocycles. The van der Waals surface area contributed by atoms with Crippen LogP contribution in [0.4, 0.5) is 0 Å². The zero-order valence-corrected chi connectivity index (χ0v) is 16.1. The van der Waals surface area contributed by atoms with Crippen LogP contribution in [0.15, 0.2) is 67.4 Å². The molecule has 0 saturated heterocycles. The summed E-state index contributed by atoms with van der Waals surface area (Å²) in [6.45, 7) is 6.14. The van der Waals surface area contributed by atoms with Gasteiger partial charge in [0.05, 0.1) is 5.52 Å². The van der Waals surface area contributed by atoms with Crippen LogP contribution in [0.25, 0.3) is 39.4 Å². The lowest BCUT2D eigenvalue weighted by atomic mass is 10.0. The first kappa shape index (κ1) is 18.1. The van der Waals surface area contributed by atoms with Gasteiger partial charge in [0.2, 0.25) is 0 Å². The maximum absolute atomic E-state index is 10.5. The van der Waals surface area contributed by atoms with Gasteiger partial charge in [-0.1, -0.05) is 44.2 Å². The Bertz CT molecular complexity index is 1140. The Labute approximate surface area is 165 Å². The molecular formula is C25H24N2O. The highest BCUT2D eigenvalue weighted by Crippen LogP contribution is 2.35. The van der Waals surface area contributed by atoms with Gasteiger partial charge in [-0.2, -0.15) is 0 Å². The molecule has 0 atom stereocenters. The van der Waals surface area contributed by atoms with Crippen molar-refractivity contribution in [3.63, 3.8) is 0 Å². The predicted molar refractivity (Wildman–Crippen MR) is 117 cm³/mol. The molecular weight excluding hydrogens is 344 g/mol. The molecule has 140 valence electrons. The maximum atomic E-state index is 10.5. The van der Waals surface area contributed by atoms with E-state index in [1.807, 2.05) is 48.7 Å². The summed E-state index contributed by atoms with van der Waals surface area (Å²) in [7, 11) is 0. The molecule has 0 aliphatic rings. The van der Waals surface area contributed by atoms with E-state index >= 15 is 0 Å². The predicted octanol–water partition coefficient (Wildman–Crippen LogP) is 6.59. The van der Waals surface area contributed by atoms with Crippen LogP contribution in [0, 0.1) is 0 Å². The van der Waals surface area contributed by atoms with Crippen molar-refractivity contribution in [3.05, 3.63) is 78.6 Å². The van der Waals surface area contributed by atoms with Crippen molar-refractivity contribution in [2.45, 2.75) is 26.2 Å². The molecule has 3 nitrogen and oxygen atoms in total. The molecule has 0 fully saturated rings. The van der Waals surface area contributed by atoms with Crippen molar-refractivity contribution >= 4 is 17.0 Å². The number of para-hydroxylation sites is 1. The number of pyridine rings is 1. The molecule has 4 aromatic rings. The van der Waals surface area contributed by atoms with E-state index in [2.05, 4.69) is 35.6 Å². The highest BCUT2D eigenvalue weighted by molar-refractivity contribution is 5.86. The third-order valence-corrected chi connectivity index (χ3v) is 5.14. The number of nitrogens with zero attached hydrogens (tertiary/aromatic N) is 1. The summed E-state index contributed by atoms with van der Waals surface area (Å²) in [5.41, 5.74) is 7.06. The molecule has 2 N–H and O–H groups in total. The Morgan fingerprint density at radius 3 is 2.75 bits per heavy atom. The van der Waals surface area contributed by atoms with Gasteiger partial charge in [0, 0.05) is 34.1 Å². The number of aromatic hydroxyl groups is 1. The van der Waals surface area contributed by atoms with Gasteiger partial charge in [-0.05, 0) is 60.4 Å². The number of hydrogen-bond donors (Lipinski definition) is 2. The molecule has 28 heavy (non-hydrogen) atoms. The SMILES string of the molecule is C=Cc1cc(-c2ccc(O)c(-c3cnc4ccccc4c3)c2)[nH]c1CCCC. The van der Waals surface area contributed by atoms with Crippen LogP contribution in [0.1, 0.15) is 31.0 Å². The molecule has 0 radical (unpaired) electrons. The second-order valence-corrected chi connectivity index (χ2v) is 7.07. The van der Waals surface area contributed by atoms with E-state index in [-0.39, 0.29) is 5.75 Å². The summed E-state index contributed by atoms with van der Waals surface area (Å²) in [6, 6.07) is 17.9. The maximum Gasteiger partial charge on any atom is 0.123 e. The van der Waals surface area contributed by atoms with Crippen molar-refractivity contribution in [2.75, 3.05) is 0 Å². The number of aromatic nitrogens is 2. The lowest BCUT2D eigenvalue weighted by Crippen LogP contribution is -1.88. The smallest absolute Gasteiger partial charge is 0.123 e. The van der Waals surface area contributed by atoms with Gasteiger partial charge in [0.1, 0.15) is 5.75 Å². The number of benzene rings is 2. The number of unbranched alkanes of at least 4 members (excludes halogenated alkanes) is 1. The van der Waals surface area contributed by atoms with E-state index in [0.717, 1.165) is 58.1 Å². The van der Waals surface area contributed by atoms with E-state index in [1.54, 1.807) is 6.07 Å². The van der Waals surface area contributed by atoms with Gasteiger partial charge in [-0.25, -0.2) is 0 Å². The molecule has 2 aromatic heterocycles. The zero-order chi connectivity index (χ0) is 19.5. The average molecular weight is 368 g/mol. The standard InChI is InChI=1S/C25H24N2O/c1-3-5-9-23-17(4-2)15-24(27-23)19-11-12-25(28)21(14-19)20-13-18-8-6-7-10-22(18)26-16-20/h4,6-8,10-16,27-28H,2-3,5,9H2,1H3. The van der Waals surface area contributed by atoms with Gasteiger partial charge in [-0.15, -0.1) is 0 Å². The molecule has 0 aliphatic heterocycles. The minimum absolute atomic E-state index is 0.252. The number of H-pyrrole nitrogens is 1. The summed E-state index contributed by atoms with van der Waals surface area (Å²) >= 11 is 0. The number of aryl methyl sites for hydroxylation is 1. The minimum atomic E-state index is 0.252. The van der Waals surface area contributed by atoms with Gasteiger partial charge >= 0.3 is 0 Å². The second-order valence-electron chi connectivity index (χ2n) is 7.07. The van der Waals surface area contributed by atoms with Crippen molar-refractivity contribution in [3.8, 4) is 28.1 Å². The Morgan fingerprint density at radius 2 is 1.93 bits per heavy atom. The van der Waals surface area contributed by atoms with Gasteiger partial charge < -0.3 is 10.1 Å². The van der Waals surface area contributed by atoms with Crippen LogP contribution >= 0.6 is 0 Å². The third-order valence-electron chi connectivity index (χ3n) is 5.14. The Kier molecular flexibility index (Phi) is 4.98. The fraction of sp³-hybridized carbons (Fsp3) is 0.160. The monoisotopic (exact) mass is 368 g/mol. The molecule has 0 unspecified atom stereocenters. The number of aromatic amines is 1. The van der Waals surface area contributed by atoms with Crippen molar-refractivity contribution in [1.82, 2.24) is 9.97 Å². The molecule has 0 saturated carbocycles. The first-order valence-electron chi connectivity index (χ1n) is 9.72. The van der Waals surface area contributed by atoms with E-state index in [4.69, 9.17) is 0 Å². The van der Waals surface area contributed by atoms with Crippen molar-refractivity contribution in [1.29, 1.82) is 0 Å². The van der Waals surface area contributed by atoms with Gasteiger partial charge in [0.15, 0.2) is 0 Å². The second kappa shape index (κ2) is 7.73. The number of fused-ring (bicyclic) bond motifs is 1. The lowest BCUT2D eigenvalue weighted by Gasteiger charge is -2.08. The summed E-state index contributed by atoms with van der Waals surface area (Å²) in [4.78, 5) is 8.08. The fourth-order valence-corrected chi connectivity index (χ4v) is 3.56. The topological polar surface area (TPSA) is 48.9 Å². The normalized spacial score (nSPS) is 11.0. The van der Waals surface area contributed by atoms with Gasteiger partial charge in [-0.3, -0.25) is 4.98 Å². The third kappa shape index (κ3) is 3.44. The largest absolute Gasteiger partial charge is 0.507 e. The highest BCUT2D eigenvalue weighted by atomic mass is 16.3. The number of nitrogens with one attached hydrogen (secondary N) is 1. The Hall–Kier alpha value is -3.33. The summed E-state index contributed by atoms with van der Waals surface area (Å²) < 4.78 is 0. The molecule has 2 aromatic carbocycles. The van der Waals surface area contributed by atoms with E-state index in [1.165, 1.54) is 5.69 Å². The van der Waals surface area contributed by atoms with Crippen LogP contribution in [-0.2, 0) is 6.42 Å².